The SMILES string of the molecule is CCC(C)N(Cc1c(-c2ccc(F)cc2)noc1N1CCN(C)CC1)C(=O)c1ccc(C)cc1. The highest BCUT2D eigenvalue weighted by atomic mass is 19.1. The number of anilines is 1. The largest absolute Gasteiger partial charge is 0.338 e. The second kappa shape index (κ2) is 10.4. The average Bonchev–Trinajstić information content (AvgIpc) is 3.26. The molecule has 1 aliphatic rings. The third-order valence-corrected chi connectivity index (χ3v) is 6.69. The number of likely N-dealkylation sites (N-methyl/N-ethyl adjacent to an activating group) is 1. The quantitative estimate of drug-likeness (QED) is 0.494. The molecular formula is C27H33FN4O2. The van der Waals surface area contributed by atoms with Crippen LogP contribution >= 0.6 is 0 Å². The molecule has 1 fully saturated rings. The monoisotopic (exact) mass is 464 g/mol. The molecule has 34 heavy (non-hydrogen) atoms. The number of hydrogen-bond donors (Lipinski definition) is 0. The van der Waals surface area contributed by atoms with Gasteiger partial charge >= 0.3 is 0 Å². The molecule has 0 spiro atoms. The molecule has 2 aromatic carbocycles. The van der Waals surface area contributed by atoms with Gasteiger partial charge in [-0.2, -0.15) is 0 Å². The molecule has 1 aliphatic heterocycles. The van der Waals surface area contributed by atoms with Crippen molar-refractivity contribution in [2.45, 2.75) is 39.8 Å². The first-order chi connectivity index (χ1) is 16.4. The molecule has 0 radical (unpaired) electrons. The standard InChI is InChI=1S/C27H33FN4O2/c1-5-20(3)32(26(33)22-8-6-19(2)7-9-22)18-24-25(21-10-12-23(28)13-11-21)29-34-27(24)31-16-14-30(4)15-17-31/h6-13,20H,5,14-18H2,1-4H3. The molecule has 2 heterocycles. The number of aromatic nitrogens is 1. The predicted octanol–water partition coefficient (Wildman–Crippen LogP) is 4.98. The number of halogens is 1. The fourth-order valence-corrected chi connectivity index (χ4v) is 4.22. The van der Waals surface area contributed by atoms with Crippen molar-refractivity contribution in [2.24, 2.45) is 0 Å². The number of piperazine rings is 1. The van der Waals surface area contributed by atoms with Crippen molar-refractivity contribution < 1.29 is 13.7 Å². The van der Waals surface area contributed by atoms with E-state index in [2.05, 4.69) is 35.9 Å². The Morgan fingerprint density at radius 1 is 1.09 bits per heavy atom. The zero-order chi connectivity index (χ0) is 24.2. The molecule has 1 saturated heterocycles. The predicted molar refractivity (Wildman–Crippen MR) is 132 cm³/mol. The molecule has 1 unspecified atom stereocenters. The van der Waals surface area contributed by atoms with Gasteiger partial charge in [-0.05, 0) is 63.7 Å². The van der Waals surface area contributed by atoms with E-state index in [9.17, 15) is 9.18 Å². The van der Waals surface area contributed by atoms with Gasteiger partial charge in [-0.25, -0.2) is 4.39 Å². The summed E-state index contributed by atoms with van der Waals surface area (Å²) in [5.74, 6) is 0.367. The van der Waals surface area contributed by atoms with Crippen LogP contribution in [0, 0.1) is 12.7 Å². The summed E-state index contributed by atoms with van der Waals surface area (Å²) in [6, 6.07) is 14.0. The van der Waals surface area contributed by atoms with Crippen LogP contribution in [0.2, 0.25) is 0 Å². The second-order valence-corrected chi connectivity index (χ2v) is 9.17. The van der Waals surface area contributed by atoms with Gasteiger partial charge in [0.1, 0.15) is 11.5 Å². The highest BCUT2D eigenvalue weighted by Crippen LogP contribution is 2.34. The molecule has 0 bridgehead atoms. The van der Waals surface area contributed by atoms with Crippen molar-refractivity contribution in [1.82, 2.24) is 15.0 Å². The minimum atomic E-state index is -0.302. The Labute approximate surface area is 200 Å². The van der Waals surface area contributed by atoms with Crippen LogP contribution in [0.25, 0.3) is 11.3 Å². The van der Waals surface area contributed by atoms with Crippen LogP contribution in [0.15, 0.2) is 53.1 Å². The maximum absolute atomic E-state index is 13.6. The molecule has 1 amide bonds. The van der Waals surface area contributed by atoms with Crippen molar-refractivity contribution in [2.75, 3.05) is 38.1 Å². The molecule has 4 rings (SSSR count). The van der Waals surface area contributed by atoms with Crippen molar-refractivity contribution >= 4 is 11.8 Å². The van der Waals surface area contributed by atoms with E-state index in [0.29, 0.717) is 23.7 Å². The summed E-state index contributed by atoms with van der Waals surface area (Å²) in [7, 11) is 2.10. The van der Waals surface area contributed by atoms with Gasteiger partial charge in [0.25, 0.3) is 5.91 Å². The van der Waals surface area contributed by atoms with E-state index in [1.54, 1.807) is 12.1 Å². The Kier molecular flexibility index (Phi) is 7.32. The van der Waals surface area contributed by atoms with E-state index in [4.69, 9.17) is 4.52 Å². The maximum Gasteiger partial charge on any atom is 0.254 e. The number of amides is 1. The number of hydrogen-bond acceptors (Lipinski definition) is 5. The average molecular weight is 465 g/mol. The Balaban J connectivity index is 1.74. The summed E-state index contributed by atoms with van der Waals surface area (Å²) < 4.78 is 19.5. The minimum absolute atomic E-state index is 0.0186. The van der Waals surface area contributed by atoms with Crippen LogP contribution in [-0.2, 0) is 6.54 Å². The van der Waals surface area contributed by atoms with E-state index in [1.807, 2.05) is 36.1 Å². The third-order valence-electron chi connectivity index (χ3n) is 6.69. The summed E-state index contributed by atoms with van der Waals surface area (Å²) in [5.41, 5.74) is 4.05. The van der Waals surface area contributed by atoms with Crippen molar-refractivity contribution in [3.63, 3.8) is 0 Å². The van der Waals surface area contributed by atoms with Gasteiger partial charge in [-0.3, -0.25) is 4.79 Å². The lowest BCUT2D eigenvalue weighted by Gasteiger charge is -2.33. The number of aryl methyl sites for hydroxylation is 1. The number of benzene rings is 2. The van der Waals surface area contributed by atoms with Gasteiger partial charge in [-0.15, -0.1) is 0 Å². The summed E-state index contributed by atoms with van der Waals surface area (Å²) >= 11 is 0. The third kappa shape index (κ3) is 5.14. The summed E-state index contributed by atoms with van der Waals surface area (Å²) in [6.07, 6.45) is 0.818. The van der Waals surface area contributed by atoms with Crippen LogP contribution < -0.4 is 4.90 Å². The topological polar surface area (TPSA) is 52.8 Å². The highest BCUT2D eigenvalue weighted by Gasteiger charge is 2.29. The molecule has 180 valence electrons. The number of rotatable bonds is 7. The van der Waals surface area contributed by atoms with Gasteiger partial charge in [0.15, 0.2) is 0 Å². The van der Waals surface area contributed by atoms with Crippen LogP contribution in [0.1, 0.15) is 41.8 Å². The van der Waals surface area contributed by atoms with Gasteiger partial charge in [0.05, 0.1) is 12.1 Å². The fraction of sp³-hybridized carbons (Fsp3) is 0.407. The Morgan fingerprint density at radius 3 is 2.35 bits per heavy atom. The minimum Gasteiger partial charge on any atom is -0.338 e. The maximum atomic E-state index is 13.6. The van der Waals surface area contributed by atoms with Gasteiger partial charge in [-0.1, -0.05) is 29.8 Å². The fourth-order valence-electron chi connectivity index (χ4n) is 4.22. The first kappa shape index (κ1) is 24.0. The second-order valence-electron chi connectivity index (χ2n) is 9.17. The van der Waals surface area contributed by atoms with E-state index < -0.39 is 0 Å². The van der Waals surface area contributed by atoms with Crippen LogP contribution in [0.5, 0.6) is 0 Å². The number of carbonyl (C=O) groups excluding carboxylic acids is 1. The molecule has 0 N–H and O–H groups in total. The van der Waals surface area contributed by atoms with Gasteiger partial charge in [0.2, 0.25) is 5.88 Å². The zero-order valence-corrected chi connectivity index (χ0v) is 20.4. The van der Waals surface area contributed by atoms with Gasteiger partial charge < -0.3 is 19.2 Å². The first-order valence-electron chi connectivity index (χ1n) is 11.9. The van der Waals surface area contributed by atoms with Gasteiger partial charge in [0, 0.05) is 43.3 Å². The van der Waals surface area contributed by atoms with E-state index in [1.165, 1.54) is 12.1 Å². The molecule has 3 aromatic rings. The Hall–Kier alpha value is -3.19. The van der Waals surface area contributed by atoms with E-state index in [-0.39, 0.29) is 17.8 Å². The first-order valence-corrected chi connectivity index (χ1v) is 11.9. The normalized spacial score (nSPS) is 15.4. The molecule has 0 aliphatic carbocycles. The molecule has 1 atom stereocenters. The Bertz CT molecular complexity index is 1100. The summed E-state index contributed by atoms with van der Waals surface area (Å²) in [4.78, 5) is 20.0. The lowest BCUT2D eigenvalue weighted by atomic mass is 10.0. The summed E-state index contributed by atoms with van der Waals surface area (Å²) in [5, 5.41) is 4.40. The van der Waals surface area contributed by atoms with Crippen LogP contribution in [0.3, 0.4) is 0 Å². The van der Waals surface area contributed by atoms with E-state index in [0.717, 1.165) is 49.3 Å². The number of nitrogens with zero attached hydrogens (tertiary/aromatic N) is 4. The van der Waals surface area contributed by atoms with Crippen molar-refractivity contribution in [1.29, 1.82) is 0 Å². The Morgan fingerprint density at radius 2 is 1.74 bits per heavy atom. The number of carbonyl (C=O) groups is 1. The molecule has 0 saturated carbocycles. The lowest BCUT2D eigenvalue weighted by Crippen LogP contribution is -2.45. The molecule has 7 heteroatoms. The highest BCUT2D eigenvalue weighted by molar-refractivity contribution is 5.94. The molecule has 1 aromatic heterocycles. The zero-order valence-electron chi connectivity index (χ0n) is 20.4. The molecule has 6 nitrogen and oxygen atoms in total. The van der Waals surface area contributed by atoms with Crippen LogP contribution in [-0.4, -0.2) is 60.1 Å². The lowest BCUT2D eigenvalue weighted by molar-refractivity contribution is 0.0672. The molecular weight excluding hydrogens is 431 g/mol. The summed E-state index contributed by atoms with van der Waals surface area (Å²) in [6.45, 7) is 9.98. The smallest absolute Gasteiger partial charge is 0.254 e. The van der Waals surface area contributed by atoms with Crippen molar-refractivity contribution in [3.05, 3.63) is 71.0 Å². The van der Waals surface area contributed by atoms with Crippen LogP contribution in [0.4, 0.5) is 10.3 Å². The van der Waals surface area contributed by atoms with E-state index >= 15 is 0 Å². The van der Waals surface area contributed by atoms with Crippen molar-refractivity contribution in [3.8, 4) is 11.3 Å².